The van der Waals surface area contributed by atoms with Gasteiger partial charge in [-0.15, -0.1) is 0 Å². The van der Waals surface area contributed by atoms with Gasteiger partial charge >= 0.3 is 0 Å². The zero-order valence-corrected chi connectivity index (χ0v) is 14.3. The van der Waals surface area contributed by atoms with E-state index in [-0.39, 0.29) is 0 Å². The Morgan fingerprint density at radius 3 is 2.52 bits per heavy atom. The molecule has 0 N–H and O–H groups in total. The van der Waals surface area contributed by atoms with Crippen molar-refractivity contribution in [2.24, 2.45) is 4.99 Å². The third-order valence-electron chi connectivity index (χ3n) is 2.85. The smallest absolute Gasteiger partial charge is 0.242 e. The van der Waals surface area contributed by atoms with Gasteiger partial charge in [-0.25, -0.2) is 4.99 Å². The van der Waals surface area contributed by atoms with E-state index in [1.807, 2.05) is 31.2 Å². The topological polar surface area (TPSA) is 34.5 Å². The average molecular weight is 298 g/mol. The third kappa shape index (κ3) is 4.53. The fourth-order valence-corrected chi connectivity index (χ4v) is 2.78. The fourth-order valence-electron chi connectivity index (χ4n) is 1.95. The molecule has 0 atom stereocenters. The molecule has 0 amide bonds. The second-order valence-corrected chi connectivity index (χ2v) is 10.5. The Labute approximate surface area is 127 Å². The zero-order valence-electron chi connectivity index (χ0n) is 13.3. The molecule has 21 heavy (non-hydrogen) atoms. The number of nitrogens with zero attached hydrogens (tertiary/aromatic N) is 2. The van der Waals surface area contributed by atoms with Crippen molar-refractivity contribution >= 4 is 19.7 Å². The number of pyridine rings is 1. The van der Waals surface area contributed by atoms with E-state index in [4.69, 9.17) is 9.42 Å². The van der Waals surface area contributed by atoms with Crippen molar-refractivity contribution < 1.29 is 4.43 Å². The lowest BCUT2D eigenvalue weighted by molar-refractivity contribution is 0.559. The van der Waals surface area contributed by atoms with Crippen molar-refractivity contribution in [2.75, 3.05) is 0 Å². The van der Waals surface area contributed by atoms with Crippen LogP contribution in [0.5, 0.6) is 5.75 Å². The summed E-state index contributed by atoms with van der Waals surface area (Å²) in [5.41, 5.74) is 3.82. The van der Waals surface area contributed by atoms with Crippen LogP contribution < -0.4 is 4.43 Å². The minimum Gasteiger partial charge on any atom is -0.543 e. The van der Waals surface area contributed by atoms with Gasteiger partial charge in [0.25, 0.3) is 0 Å². The zero-order chi connectivity index (χ0) is 15.5. The minimum absolute atomic E-state index is 0.857. The first-order chi connectivity index (χ1) is 9.85. The largest absolute Gasteiger partial charge is 0.543 e. The van der Waals surface area contributed by atoms with Crippen LogP contribution in [0.3, 0.4) is 0 Å². The van der Waals surface area contributed by atoms with Crippen LogP contribution in [0, 0.1) is 6.92 Å². The standard InChI is InChI=1S/C17H22N2OSi/c1-13-9-10-17(20-21(3,4)5)16(12-13)19-14(2)15-8-6-7-11-18-15/h6-12H,1-5H3/b19-14-. The number of hydrogen-bond acceptors (Lipinski definition) is 3. The maximum Gasteiger partial charge on any atom is 0.242 e. The molecule has 0 unspecified atom stereocenters. The molecule has 2 aromatic rings. The summed E-state index contributed by atoms with van der Waals surface area (Å²) >= 11 is 0. The van der Waals surface area contributed by atoms with E-state index in [2.05, 4.69) is 43.7 Å². The van der Waals surface area contributed by atoms with Crippen LogP contribution in [0.2, 0.25) is 19.6 Å². The normalized spacial score (nSPS) is 12.3. The van der Waals surface area contributed by atoms with Gasteiger partial charge in [-0.05, 0) is 63.3 Å². The van der Waals surface area contributed by atoms with Crippen LogP contribution >= 0.6 is 0 Å². The maximum atomic E-state index is 6.14. The predicted molar refractivity (Wildman–Crippen MR) is 91.3 cm³/mol. The predicted octanol–water partition coefficient (Wildman–Crippen LogP) is 4.74. The van der Waals surface area contributed by atoms with Crippen molar-refractivity contribution in [3.8, 4) is 5.75 Å². The SMILES string of the molecule is C/C(=N/c1cc(C)ccc1O[Si](C)(C)C)c1ccccn1. The highest BCUT2D eigenvalue weighted by atomic mass is 28.4. The number of aromatic nitrogens is 1. The summed E-state index contributed by atoms with van der Waals surface area (Å²) < 4.78 is 6.14. The van der Waals surface area contributed by atoms with Crippen molar-refractivity contribution in [2.45, 2.75) is 33.5 Å². The van der Waals surface area contributed by atoms with E-state index in [1.165, 1.54) is 5.56 Å². The van der Waals surface area contributed by atoms with Crippen molar-refractivity contribution in [1.82, 2.24) is 4.98 Å². The molecule has 0 aliphatic heterocycles. The molecule has 110 valence electrons. The minimum atomic E-state index is -1.66. The fraction of sp³-hybridized carbons (Fsp3) is 0.294. The van der Waals surface area contributed by atoms with Crippen LogP contribution in [-0.2, 0) is 0 Å². The van der Waals surface area contributed by atoms with Crippen molar-refractivity contribution in [1.29, 1.82) is 0 Å². The van der Waals surface area contributed by atoms with E-state index in [9.17, 15) is 0 Å². The van der Waals surface area contributed by atoms with E-state index in [1.54, 1.807) is 6.20 Å². The average Bonchev–Trinajstić information content (AvgIpc) is 2.41. The molecule has 0 fully saturated rings. The highest BCUT2D eigenvalue weighted by molar-refractivity contribution is 6.70. The quantitative estimate of drug-likeness (QED) is 0.603. The number of benzene rings is 1. The Kier molecular flexibility index (Phi) is 4.58. The summed E-state index contributed by atoms with van der Waals surface area (Å²) in [7, 11) is -1.66. The molecule has 0 saturated carbocycles. The van der Waals surface area contributed by atoms with E-state index in [0.29, 0.717) is 0 Å². The molecule has 4 heteroatoms. The monoisotopic (exact) mass is 298 g/mol. The molecule has 3 nitrogen and oxygen atoms in total. The lowest BCUT2D eigenvalue weighted by Gasteiger charge is -2.20. The molecular formula is C17H22N2OSi. The number of rotatable bonds is 4. The summed E-state index contributed by atoms with van der Waals surface area (Å²) in [4.78, 5) is 9.06. The Balaban J connectivity index is 2.41. The summed E-state index contributed by atoms with van der Waals surface area (Å²) in [6.45, 7) is 10.6. The first kappa shape index (κ1) is 15.4. The van der Waals surface area contributed by atoms with Gasteiger partial charge in [-0.3, -0.25) is 4.98 Å². The molecule has 0 saturated heterocycles. The Bertz CT molecular complexity index is 646. The van der Waals surface area contributed by atoms with Gasteiger partial charge in [0, 0.05) is 6.20 Å². The molecule has 0 aliphatic rings. The number of aliphatic imine (C=N–C) groups is 1. The van der Waals surface area contributed by atoms with Crippen molar-refractivity contribution in [3.63, 3.8) is 0 Å². The Morgan fingerprint density at radius 1 is 1.14 bits per heavy atom. The van der Waals surface area contributed by atoms with Crippen molar-refractivity contribution in [3.05, 3.63) is 53.9 Å². The highest BCUT2D eigenvalue weighted by Gasteiger charge is 2.18. The third-order valence-corrected chi connectivity index (χ3v) is 3.69. The lowest BCUT2D eigenvalue weighted by atomic mass is 10.2. The summed E-state index contributed by atoms with van der Waals surface area (Å²) in [5.74, 6) is 0.857. The molecule has 0 spiro atoms. The van der Waals surface area contributed by atoms with Gasteiger partial charge in [0.2, 0.25) is 8.32 Å². The van der Waals surface area contributed by atoms with Crippen LogP contribution in [-0.4, -0.2) is 19.0 Å². The Hall–Kier alpha value is -1.94. The lowest BCUT2D eigenvalue weighted by Crippen LogP contribution is -2.29. The van der Waals surface area contributed by atoms with Gasteiger partial charge in [0.05, 0.1) is 11.4 Å². The summed E-state index contributed by atoms with van der Waals surface area (Å²) in [6, 6.07) is 12.0. The molecule has 1 heterocycles. The van der Waals surface area contributed by atoms with Crippen LogP contribution in [0.25, 0.3) is 0 Å². The van der Waals surface area contributed by atoms with Gasteiger partial charge in [0.1, 0.15) is 11.4 Å². The second-order valence-electron chi connectivity index (χ2n) is 6.10. The second kappa shape index (κ2) is 6.22. The van der Waals surface area contributed by atoms with Crippen LogP contribution in [0.4, 0.5) is 5.69 Å². The molecule has 1 aromatic heterocycles. The van der Waals surface area contributed by atoms with E-state index < -0.39 is 8.32 Å². The maximum absolute atomic E-state index is 6.14. The molecule has 0 aliphatic carbocycles. The first-order valence-electron chi connectivity index (χ1n) is 7.11. The van der Waals surface area contributed by atoms with Crippen LogP contribution in [0.1, 0.15) is 18.2 Å². The van der Waals surface area contributed by atoms with Gasteiger partial charge in [-0.2, -0.15) is 0 Å². The molecular weight excluding hydrogens is 276 g/mol. The van der Waals surface area contributed by atoms with Gasteiger partial charge in [-0.1, -0.05) is 12.1 Å². The van der Waals surface area contributed by atoms with E-state index >= 15 is 0 Å². The van der Waals surface area contributed by atoms with Gasteiger partial charge in [0.15, 0.2) is 0 Å². The molecule has 2 rings (SSSR count). The first-order valence-corrected chi connectivity index (χ1v) is 10.5. The van der Waals surface area contributed by atoms with E-state index in [0.717, 1.165) is 22.8 Å². The molecule has 0 bridgehead atoms. The highest BCUT2D eigenvalue weighted by Crippen LogP contribution is 2.31. The van der Waals surface area contributed by atoms with Gasteiger partial charge < -0.3 is 4.43 Å². The Morgan fingerprint density at radius 2 is 1.90 bits per heavy atom. The number of hydrogen-bond donors (Lipinski definition) is 0. The van der Waals surface area contributed by atoms with Crippen LogP contribution in [0.15, 0.2) is 47.6 Å². The number of aryl methyl sites for hydroxylation is 1. The summed E-state index contributed by atoms with van der Waals surface area (Å²) in [5, 5.41) is 0. The molecule has 1 aromatic carbocycles. The molecule has 0 radical (unpaired) electrons. The summed E-state index contributed by atoms with van der Waals surface area (Å²) in [6.07, 6.45) is 1.78.